The van der Waals surface area contributed by atoms with Crippen LogP contribution < -0.4 is 4.74 Å². The molecule has 35 heavy (non-hydrogen) atoms. The number of alkyl halides is 3. The lowest BCUT2D eigenvalue weighted by Crippen LogP contribution is -2.10. The third-order valence-electron chi connectivity index (χ3n) is 5.75. The highest BCUT2D eigenvalue weighted by Crippen LogP contribution is 2.34. The van der Waals surface area contributed by atoms with E-state index in [-0.39, 0.29) is 6.01 Å². The standard InChI is InChI=1S/C27H26F3N3OS/c1-34-26-31-16-22(17-32-26)24-18-35-25(33-24)15-20-12-13-21(23(14-20)27(28,29)30)11-7-3-6-10-19-8-4-2-5-9-19/h2,4-5,8-9,12-14,16-18H,3,6-7,10-11,15H2,1H3. The second-order valence-electron chi connectivity index (χ2n) is 8.30. The first-order chi connectivity index (χ1) is 16.9. The fourth-order valence-corrected chi connectivity index (χ4v) is 4.77. The van der Waals surface area contributed by atoms with Crippen LogP contribution in [0.25, 0.3) is 11.3 Å². The van der Waals surface area contributed by atoms with Crippen LogP contribution in [0.5, 0.6) is 6.01 Å². The van der Waals surface area contributed by atoms with Crippen molar-refractivity contribution in [2.45, 2.75) is 44.7 Å². The fraction of sp³-hybridized carbons (Fsp3) is 0.296. The maximum Gasteiger partial charge on any atom is 0.416 e. The predicted molar refractivity (Wildman–Crippen MR) is 132 cm³/mol. The molecule has 2 heterocycles. The molecule has 2 aromatic heterocycles. The van der Waals surface area contributed by atoms with Gasteiger partial charge in [0.2, 0.25) is 0 Å². The molecule has 4 aromatic rings. The van der Waals surface area contributed by atoms with Crippen LogP contribution in [0, 0.1) is 0 Å². The van der Waals surface area contributed by atoms with Gasteiger partial charge in [0.05, 0.1) is 23.4 Å². The molecule has 0 amide bonds. The van der Waals surface area contributed by atoms with Gasteiger partial charge in [-0.25, -0.2) is 15.0 Å². The maximum atomic E-state index is 13.8. The van der Waals surface area contributed by atoms with Crippen molar-refractivity contribution in [2.24, 2.45) is 0 Å². The molecular formula is C27H26F3N3OS. The Hall–Kier alpha value is -3.26. The summed E-state index contributed by atoms with van der Waals surface area (Å²) in [6, 6.07) is 15.1. The Morgan fingerprint density at radius 2 is 1.63 bits per heavy atom. The molecule has 0 saturated carbocycles. The molecule has 0 unspecified atom stereocenters. The van der Waals surface area contributed by atoms with E-state index in [1.54, 1.807) is 24.5 Å². The summed E-state index contributed by atoms with van der Waals surface area (Å²) in [6.45, 7) is 0. The maximum absolute atomic E-state index is 13.8. The molecule has 0 aliphatic heterocycles. The molecule has 4 nitrogen and oxygen atoms in total. The average Bonchev–Trinajstić information content (AvgIpc) is 3.33. The molecule has 2 aromatic carbocycles. The molecule has 0 N–H and O–H groups in total. The van der Waals surface area contributed by atoms with Gasteiger partial charge in [-0.15, -0.1) is 11.3 Å². The highest BCUT2D eigenvalue weighted by molar-refractivity contribution is 7.10. The number of rotatable bonds is 10. The van der Waals surface area contributed by atoms with E-state index in [9.17, 15) is 13.2 Å². The van der Waals surface area contributed by atoms with Crippen LogP contribution in [0.4, 0.5) is 13.2 Å². The van der Waals surface area contributed by atoms with Gasteiger partial charge in [0.15, 0.2) is 0 Å². The SMILES string of the molecule is COc1ncc(-c2csc(Cc3ccc(CCCCCc4ccccc4)c(C(F)(F)F)c3)n2)cn1. The van der Waals surface area contributed by atoms with Gasteiger partial charge in [-0.1, -0.05) is 48.9 Å². The summed E-state index contributed by atoms with van der Waals surface area (Å²) in [7, 11) is 1.49. The number of benzene rings is 2. The first-order valence-electron chi connectivity index (χ1n) is 11.5. The Labute approximate surface area is 206 Å². The van der Waals surface area contributed by atoms with E-state index in [4.69, 9.17) is 4.74 Å². The quantitative estimate of drug-likeness (QED) is 0.218. The Balaban J connectivity index is 1.38. The molecule has 0 atom stereocenters. The van der Waals surface area contributed by atoms with Gasteiger partial charge >= 0.3 is 12.2 Å². The smallest absolute Gasteiger partial charge is 0.416 e. The number of hydrogen-bond acceptors (Lipinski definition) is 5. The van der Waals surface area contributed by atoms with Crippen LogP contribution in [0.3, 0.4) is 0 Å². The zero-order chi connectivity index (χ0) is 24.7. The molecule has 8 heteroatoms. The van der Waals surface area contributed by atoms with Crippen LogP contribution >= 0.6 is 11.3 Å². The molecule has 0 fully saturated rings. The first kappa shape index (κ1) is 24.9. The lowest BCUT2D eigenvalue weighted by molar-refractivity contribution is -0.138. The van der Waals surface area contributed by atoms with Crippen LogP contribution in [0.15, 0.2) is 66.3 Å². The van der Waals surface area contributed by atoms with Gasteiger partial charge < -0.3 is 4.74 Å². The number of hydrogen-bond donors (Lipinski definition) is 0. The number of methoxy groups -OCH3 is 1. The molecule has 0 aliphatic rings. The molecule has 4 rings (SSSR count). The van der Waals surface area contributed by atoms with Crippen molar-refractivity contribution in [2.75, 3.05) is 7.11 Å². The number of ether oxygens (including phenoxy) is 1. The van der Waals surface area contributed by atoms with Crippen molar-refractivity contribution in [3.05, 3.63) is 93.6 Å². The van der Waals surface area contributed by atoms with Gasteiger partial charge in [-0.3, -0.25) is 0 Å². The summed E-state index contributed by atoms with van der Waals surface area (Å²) in [6.07, 6.45) is 3.14. The molecule has 0 saturated heterocycles. The minimum Gasteiger partial charge on any atom is -0.467 e. The van der Waals surface area contributed by atoms with E-state index in [1.807, 2.05) is 23.6 Å². The molecular weight excluding hydrogens is 471 g/mol. The first-order valence-corrected chi connectivity index (χ1v) is 12.3. The third kappa shape index (κ3) is 6.88. The van der Waals surface area contributed by atoms with Gasteiger partial charge in [0.25, 0.3) is 0 Å². The number of unbranched alkanes of at least 4 members (excludes halogenated alkanes) is 2. The summed E-state index contributed by atoms with van der Waals surface area (Å²) < 4.78 is 46.4. The molecule has 0 spiro atoms. The molecule has 0 radical (unpaired) electrons. The lowest BCUT2D eigenvalue weighted by atomic mass is 9.97. The van der Waals surface area contributed by atoms with Gasteiger partial charge in [0.1, 0.15) is 0 Å². The van der Waals surface area contributed by atoms with Crippen molar-refractivity contribution in [3.8, 4) is 17.3 Å². The fourth-order valence-electron chi connectivity index (χ4n) is 3.93. The van der Waals surface area contributed by atoms with E-state index in [2.05, 4.69) is 27.1 Å². The predicted octanol–water partition coefficient (Wildman–Crippen LogP) is 7.17. The summed E-state index contributed by atoms with van der Waals surface area (Å²) in [5.41, 5.74) is 3.09. The van der Waals surface area contributed by atoms with E-state index >= 15 is 0 Å². The van der Waals surface area contributed by atoms with Crippen LogP contribution in [0.1, 0.15) is 46.5 Å². The van der Waals surface area contributed by atoms with E-state index in [0.717, 1.165) is 36.3 Å². The number of thiazole rings is 1. The van der Waals surface area contributed by atoms with Gasteiger partial charge in [-0.05, 0) is 48.4 Å². The van der Waals surface area contributed by atoms with Crippen molar-refractivity contribution < 1.29 is 17.9 Å². The van der Waals surface area contributed by atoms with Crippen molar-refractivity contribution in [3.63, 3.8) is 0 Å². The largest absolute Gasteiger partial charge is 0.467 e. The molecule has 0 bridgehead atoms. The highest BCUT2D eigenvalue weighted by atomic mass is 32.1. The zero-order valence-corrected chi connectivity index (χ0v) is 20.2. The number of halogens is 3. The van der Waals surface area contributed by atoms with E-state index in [1.165, 1.54) is 30.1 Å². The minimum absolute atomic E-state index is 0.264. The second-order valence-corrected chi connectivity index (χ2v) is 9.24. The molecule has 182 valence electrons. The number of aryl methyl sites for hydroxylation is 2. The third-order valence-corrected chi connectivity index (χ3v) is 6.60. The van der Waals surface area contributed by atoms with E-state index in [0.29, 0.717) is 29.7 Å². The van der Waals surface area contributed by atoms with Crippen LogP contribution in [0.2, 0.25) is 0 Å². The van der Waals surface area contributed by atoms with Crippen molar-refractivity contribution in [1.82, 2.24) is 15.0 Å². The van der Waals surface area contributed by atoms with Crippen LogP contribution in [-0.4, -0.2) is 22.1 Å². The van der Waals surface area contributed by atoms with Crippen LogP contribution in [-0.2, 0) is 25.4 Å². The summed E-state index contributed by atoms with van der Waals surface area (Å²) in [5.74, 6) is 0. The van der Waals surface area contributed by atoms with Crippen molar-refractivity contribution in [1.29, 1.82) is 0 Å². The number of aromatic nitrogens is 3. The minimum atomic E-state index is -4.39. The van der Waals surface area contributed by atoms with Crippen molar-refractivity contribution >= 4 is 11.3 Å². The van der Waals surface area contributed by atoms with Gasteiger partial charge in [0, 0.05) is 29.8 Å². The summed E-state index contributed by atoms with van der Waals surface area (Å²) in [4.78, 5) is 12.7. The van der Waals surface area contributed by atoms with E-state index < -0.39 is 11.7 Å². The Kier molecular flexibility index (Phi) is 8.13. The topological polar surface area (TPSA) is 47.9 Å². The Bertz CT molecular complexity index is 1220. The molecule has 0 aliphatic carbocycles. The monoisotopic (exact) mass is 497 g/mol. The average molecular weight is 498 g/mol. The van der Waals surface area contributed by atoms with Gasteiger partial charge in [-0.2, -0.15) is 13.2 Å². The second kappa shape index (κ2) is 11.4. The number of nitrogens with zero attached hydrogens (tertiary/aromatic N) is 3. The summed E-state index contributed by atoms with van der Waals surface area (Å²) >= 11 is 1.41. The summed E-state index contributed by atoms with van der Waals surface area (Å²) in [5, 5.41) is 2.59. The Morgan fingerprint density at radius 3 is 2.34 bits per heavy atom. The zero-order valence-electron chi connectivity index (χ0n) is 19.4. The normalized spacial score (nSPS) is 11.5. The lowest BCUT2D eigenvalue weighted by Gasteiger charge is -2.14. The Morgan fingerprint density at radius 1 is 0.886 bits per heavy atom. The highest BCUT2D eigenvalue weighted by Gasteiger charge is 2.33.